The second-order valence-electron chi connectivity index (χ2n) is 7.90. The zero-order chi connectivity index (χ0) is 15.8. The molecule has 0 radical (unpaired) electrons. The molecule has 2 fully saturated rings. The number of hydrogen-bond acceptors (Lipinski definition) is 3. The summed E-state index contributed by atoms with van der Waals surface area (Å²) in [6.45, 7) is 12.4. The Bertz CT molecular complexity index is 384. The number of amides is 1. The van der Waals surface area contributed by atoms with Crippen molar-refractivity contribution < 1.29 is 4.79 Å². The zero-order valence-electron chi connectivity index (χ0n) is 14.4. The van der Waals surface area contributed by atoms with Crippen LogP contribution in [0, 0.1) is 11.8 Å². The Labute approximate surface area is 129 Å². The number of hydrogen-bond donors (Lipinski definition) is 2. The minimum atomic E-state index is -0.498. The molecule has 1 aliphatic carbocycles. The summed E-state index contributed by atoms with van der Waals surface area (Å²) in [5.41, 5.74) is 5.24. The molecular formula is C17H33N3O. The van der Waals surface area contributed by atoms with Crippen LogP contribution in [-0.2, 0) is 4.79 Å². The highest BCUT2D eigenvalue weighted by Crippen LogP contribution is 2.38. The number of primary amides is 1. The average molecular weight is 295 g/mol. The van der Waals surface area contributed by atoms with Gasteiger partial charge in [0.05, 0.1) is 5.54 Å². The van der Waals surface area contributed by atoms with Crippen LogP contribution in [0.15, 0.2) is 0 Å². The minimum Gasteiger partial charge on any atom is -0.368 e. The quantitative estimate of drug-likeness (QED) is 0.835. The smallest absolute Gasteiger partial charge is 0.237 e. The topological polar surface area (TPSA) is 58.4 Å². The Morgan fingerprint density at radius 1 is 1.33 bits per heavy atom. The summed E-state index contributed by atoms with van der Waals surface area (Å²) in [6.07, 6.45) is 4.13. The van der Waals surface area contributed by atoms with Gasteiger partial charge in [-0.15, -0.1) is 0 Å². The van der Waals surface area contributed by atoms with E-state index in [1.165, 1.54) is 6.42 Å². The number of nitrogens with two attached hydrogens (primary N) is 1. The summed E-state index contributed by atoms with van der Waals surface area (Å²) >= 11 is 0. The Morgan fingerprint density at radius 3 is 2.57 bits per heavy atom. The van der Waals surface area contributed by atoms with Crippen molar-refractivity contribution in [3.05, 3.63) is 0 Å². The van der Waals surface area contributed by atoms with Gasteiger partial charge in [-0.2, -0.15) is 0 Å². The molecule has 1 saturated carbocycles. The SMILES string of the molecule is CC1CC(C)C(C)N(C2CCC(NC(C)C)(C(N)=O)C2)C1. The van der Waals surface area contributed by atoms with E-state index in [4.69, 9.17) is 5.73 Å². The molecule has 2 rings (SSSR count). The number of piperidine rings is 1. The lowest BCUT2D eigenvalue weighted by atomic mass is 9.84. The van der Waals surface area contributed by atoms with Crippen LogP contribution >= 0.6 is 0 Å². The van der Waals surface area contributed by atoms with Crippen molar-refractivity contribution in [3.63, 3.8) is 0 Å². The summed E-state index contributed by atoms with van der Waals surface area (Å²) < 4.78 is 0. The standard InChI is InChI=1S/C17H33N3O/c1-11(2)19-17(16(18)21)7-6-15(9-17)20-10-12(3)8-13(4)14(20)5/h11-15,19H,6-10H2,1-5H3,(H2,18,21). The highest BCUT2D eigenvalue weighted by Gasteiger charge is 2.47. The predicted octanol–water partition coefficient (Wildman–Crippen LogP) is 2.13. The molecule has 1 heterocycles. The minimum absolute atomic E-state index is 0.176. The fraction of sp³-hybridized carbons (Fsp3) is 0.941. The van der Waals surface area contributed by atoms with E-state index in [1.807, 2.05) is 0 Å². The maximum atomic E-state index is 12.0. The van der Waals surface area contributed by atoms with E-state index in [2.05, 4.69) is 44.8 Å². The van der Waals surface area contributed by atoms with Crippen LogP contribution in [0.3, 0.4) is 0 Å². The first-order valence-corrected chi connectivity index (χ1v) is 8.58. The van der Waals surface area contributed by atoms with Crippen LogP contribution in [0.4, 0.5) is 0 Å². The largest absolute Gasteiger partial charge is 0.368 e. The van der Waals surface area contributed by atoms with Gasteiger partial charge < -0.3 is 11.1 Å². The van der Waals surface area contributed by atoms with Gasteiger partial charge in [-0.3, -0.25) is 9.69 Å². The van der Waals surface area contributed by atoms with Crippen molar-refractivity contribution in [2.24, 2.45) is 17.6 Å². The molecule has 0 aromatic rings. The second kappa shape index (κ2) is 6.25. The molecule has 122 valence electrons. The predicted molar refractivity (Wildman–Crippen MR) is 86.9 cm³/mol. The number of carbonyl (C=O) groups is 1. The van der Waals surface area contributed by atoms with Crippen LogP contribution in [-0.4, -0.2) is 41.0 Å². The molecule has 0 aromatic carbocycles. The fourth-order valence-corrected chi connectivity index (χ4v) is 4.52. The van der Waals surface area contributed by atoms with Crippen LogP contribution in [0.25, 0.3) is 0 Å². The summed E-state index contributed by atoms with van der Waals surface area (Å²) in [7, 11) is 0. The lowest BCUT2D eigenvalue weighted by Gasteiger charge is -2.45. The van der Waals surface area contributed by atoms with E-state index in [9.17, 15) is 4.79 Å². The molecule has 21 heavy (non-hydrogen) atoms. The number of nitrogens with one attached hydrogen (secondary N) is 1. The third-order valence-electron chi connectivity index (χ3n) is 5.64. The molecule has 1 aliphatic heterocycles. The molecule has 0 spiro atoms. The molecular weight excluding hydrogens is 262 g/mol. The van der Waals surface area contributed by atoms with Gasteiger partial charge in [0.15, 0.2) is 0 Å². The second-order valence-corrected chi connectivity index (χ2v) is 7.90. The molecule has 5 unspecified atom stereocenters. The maximum absolute atomic E-state index is 12.0. The first-order valence-electron chi connectivity index (χ1n) is 8.58. The lowest BCUT2D eigenvalue weighted by Crippen LogP contribution is -2.57. The van der Waals surface area contributed by atoms with Gasteiger partial charge in [0, 0.05) is 24.7 Å². The van der Waals surface area contributed by atoms with Crippen molar-refractivity contribution in [3.8, 4) is 0 Å². The molecule has 1 saturated heterocycles. The van der Waals surface area contributed by atoms with Crippen molar-refractivity contribution in [2.75, 3.05) is 6.54 Å². The first-order chi connectivity index (χ1) is 9.75. The average Bonchev–Trinajstić information content (AvgIpc) is 2.78. The zero-order valence-corrected chi connectivity index (χ0v) is 14.4. The molecule has 4 heteroatoms. The van der Waals surface area contributed by atoms with E-state index in [0.29, 0.717) is 12.1 Å². The number of rotatable bonds is 4. The Morgan fingerprint density at radius 2 is 2.00 bits per heavy atom. The normalized spacial score (nSPS) is 41.6. The third-order valence-corrected chi connectivity index (χ3v) is 5.64. The fourth-order valence-electron chi connectivity index (χ4n) is 4.52. The third kappa shape index (κ3) is 3.42. The Balaban J connectivity index is 2.11. The van der Waals surface area contributed by atoms with Crippen LogP contribution in [0.2, 0.25) is 0 Å². The van der Waals surface area contributed by atoms with Gasteiger partial charge in [-0.05, 0) is 58.3 Å². The van der Waals surface area contributed by atoms with E-state index in [0.717, 1.165) is 37.6 Å². The maximum Gasteiger partial charge on any atom is 0.237 e. The number of likely N-dealkylation sites (tertiary alicyclic amines) is 1. The van der Waals surface area contributed by atoms with E-state index >= 15 is 0 Å². The summed E-state index contributed by atoms with van der Waals surface area (Å²) in [5.74, 6) is 1.30. The van der Waals surface area contributed by atoms with E-state index in [-0.39, 0.29) is 11.9 Å². The van der Waals surface area contributed by atoms with Gasteiger partial charge >= 0.3 is 0 Å². The lowest BCUT2D eigenvalue weighted by molar-refractivity contribution is -0.124. The highest BCUT2D eigenvalue weighted by molar-refractivity contribution is 5.85. The van der Waals surface area contributed by atoms with Gasteiger partial charge in [0.1, 0.15) is 0 Å². The van der Waals surface area contributed by atoms with Crippen LogP contribution in [0.1, 0.15) is 60.3 Å². The summed E-state index contributed by atoms with van der Waals surface area (Å²) in [6, 6.07) is 1.38. The van der Waals surface area contributed by atoms with Gasteiger partial charge in [-0.1, -0.05) is 13.8 Å². The van der Waals surface area contributed by atoms with Gasteiger partial charge in [-0.25, -0.2) is 0 Å². The molecule has 3 N–H and O–H groups in total. The van der Waals surface area contributed by atoms with Gasteiger partial charge in [0.25, 0.3) is 0 Å². The Kier molecular flexibility index (Phi) is 4.99. The number of nitrogens with zero attached hydrogens (tertiary/aromatic N) is 1. The van der Waals surface area contributed by atoms with Crippen LogP contribution < -0.4 is 11.1 Å². The monoisotopic (exact) mass is 295 g/mol. The van der Waals surface area contributed by atoms with Crippen molar-refractivity contribution in [2.45, 2.75) is 84.0 Å². The van der Waals surface area contributed by atoms with Crippen molar-refractivity contribution in [1.29, 1.82) is 0 Å². The highest BCUT2D eigenvalue weighted by atomic mass is 16.1. The molecule has 4 nitrogen and oxygen atoms in total. The van der Waals surface area contributed by atoms with E-state index < -0.39 is 5.54 Å². The van der Waals surface area contributed by atoms with Gasteiger partial charge in [0.2, 0.25) is 5.91 Å². The van der Waals surface area contributed by atoms with Crippen molar-refractivity contribution >= 4 is 5.91 Å². The van der Waals surface area contributed by atoms with E-state index in [1.54, 1.807) is 0 Å². The van der Waals surface area contributed by atoms with Crippen LogP contribution in [0.5, 0.6) is 0 Å². The Hall–Kier alpha value is -0.610. The molecule has 0 aromatic heterocycles. The molecule has 5 atom stereocenters. The molecule has 2 aliphatic rings. The molecule has 1 amide bonds. The first kappa shape index (κ1) is 16.8. The summed E-state index contributed by atoms with van der Waals surface area (Å²) in [4.78, 5) is 14.7. The molecule has 0 bridgehead atoms. The summed E-state index contributed by atoms with van der Waals surface area (Å²) in [5, 5.41) is 3.46. The number of carbonyl (C=O) groups excluding carboxylic acids is 1. The van der Waals surface area contributed by atoms with Crippen molar-refractivity contribution in [1.82, 2.24) is 10.2 Å².